The zero-order chi connectivity index (χ0) is 13.5. The highest BCUT2D eigenvalue weighted by molar-refractivity contribution is 5.95. The molecule has 1 saturated heterocycles. The summed E-state index contributed by atoms with van der Waals surface area (Å²) in [5, 5.41) is 3.30. The molecule has 1 fully saturated rings. The van der Waals surface area contributed by atoms with Gasteiger partial charge in [0.1, 0.15) is 0 Å². The molecule has 1 N–H and O–H groups in total. The second kappa shape index (κ2) is 4.62. The van der Waals surface area contributed by atoms with E-state index < -0.39 is 0 Å². The lowest BCUT2D eigenvalue weighted by Crippen LogP contribution is -2.55. The van der Waals surface area contributed by atoms with Crippen LogP contribution in [0.25, 0.3) is 0 Å². The average molecular weight is 260 g/mol. The summed E-state index contributed by atoms with van der Waals surface area (Å²) in [4.78, 5) is 14.6. The molecule has 0 unspecified atom stereocenters. The molecule has 2 heterocycles. The number of benzene rings is 1. The van der Waals surface area contributed by atoms with E-state index in [4.69, 9.17) is 4.74 Å². The predicted molar refractivity (Wildman–Crippen MR) is 72.9 cm³/mol. The first kappa shape index (κ1) is 12.6. The number of fused-ring (bicyclic) bond motifs is 1. The first-order chi connectivity index (χ1) is 9.08. The van der Waals surface area contributed by atoms with Crippen molar-refractivity contribution in [3.63, 3.8) is 0 Å². The number of ether oxygens (including phenoxy) is 1. The Morgan fingerprint density at radius 2 is 2.11 bits per heavy atom. The number of hydrogen-bond donors (Lipinski definition) is 1. The van der Waals surface area contributed by atoms with Gasteiger partial charge in [-0.15, -0.1) is 0 Å². The Hall–Kier alpha value is -1.39. The topological polar surface area (TPSA) is 41.6 Å². The van der Waals surface area contributed by atoms with E-state index >= 15 is 0 Å². The van der Waals surface area contributed by atoms with Gasteiger partial charge in [0.2, 0.25) is 0 Å². The van der Waals surface area contributed by atoms with Gasteiger partial charge < -0.3 is 15.0 Å². The van der Waals surface area contributed by atoms with Gasteiger partial charge >= 0.3 is 0 Å². The SMILES string of the molecule is CC1(C)COCCN1C(=O)c1ccc2c(c1)CNC2. The molecule has 3 rings (SSSR count). The number of amides is 1. The molecule has 0 spiro atoms. The van der Waals surface area contributed by atoms with Crippen molar-refractivity contribution in [3.8, 4) is 0 Å². The minimum absolute atomic E-state index is 0.114. The van der Waals surface area contributed by atoms with Gasteiger partial charge in [-0.2, -0.15) is 0 Å². The van der Waals surface area contributed by atoms with Crippen molar-refractivity contribution in [1.29, 1.82) is 0 Å². The van der Waals surface area contributed by atoms with Crippen LogP contribution in [0.5, 0.6) is 0 Å². The van der Waals surface area contributed by atoms with Crippen LogP contribution in [-0.4, -0.2) is 36.1 Å². The van der Waals surface area contributed by atoms with Gasteiger partial charge in [0.05, 0.1) is 18.8 Å². The number of nitrogens with zero attached hydrogens (tertiary/aromatic N) is 1. The second-order valence-electron chi connectivity index (χ2n) is 5.91. The number of morpholine rings is 1. The minimum Gasteiger partial charge on any atom is -0.377 e. The number of rotatable bonds is 1. The Morgan fingerprint density at radius 3 is 2.89 bits per heavy atom. The van der Waals surface area contributed by atoms with E-state index in [9.17, 15) is 4.79 Å². The Kier molecular flexibility index (Phi) is 3.07. The molecular weight excluding hydrogens is 240 g/mol. The van der Waals surface area contributed by atoms with E-state index in [2.05, 4.69) is 25.2 Å². The van der Waals surface area contributed by atoms with Crippen molar-refractivity contribution in [2.75, 3.05) is 19.8 Å². The quantitative estimate of drug-likeness (QED) is 0.833. The lowest BCUT2D eigenvalue weighted by atomic mass is 9.99. The van der Waals surface area contributed by atoms with Gasteiger partial charge in [0.15, 0.2) is 0 Å². The Bertz CT molecular complexity index is 511. The maximum absolute atomic E-state index is 12.7. The zero-order valence-electron chi connectivity index (χ0n) is 11.5. The first-order valence-corrected chi connectivity index (χ1v) is 6.80. The van der Waals surface area contributed by atoms with Crippen molar-refractivity contribution in [2.45, 2.75) is 32.5 Å². The van der Waals surface area contributed by atoms with Crippen LogP contribution in [0.2, 0.25) is 0 Å². The standard InChI is InChI=1S/C15H20N2O2/c1-15(2)10-19-6-5-17(15)14(18)11-3-4-12-8-16-9-13(12)7-11/h3-4,7,16H,5-6,8-10H2,1-2H3. The number of carbonyl (C=O) groups excluding carboxylic acids is 1. The molecule has 1 aromatic rings. The molecule has 1 aromatic carbocycles. The summed E-state index contributed by atoms with van der Waals surface area (Å²) in [6.45, 7) is 7.78. The van der Waals surface area contributed by atoms with Gasteiger partial charge in [-0.25, -0.2) is 0 Å². The van der Waals surface area contributed by atoms with Gasteiger partial charge in [0, 0.05) is 25.2 Å². The van der Waals surface area contributed by atoms with Crippen LogP contribution in [0.4, 0.5) is 0 Å². The molecule has 0 saturated carbocycles. The summed E-state index contributed by atoms with van der Waals surface area (Å²) in [6, 6.07) is 6.04. The summed E-state index contributed by atoms with van der Waals surface area (Å²) >= 11 is 0. The summed E-state index contributed by atoms with van der Waals surface area (Å²) in [6.07, 6.45) is 0. The number of carbonyl (C=O) groups is 1. The number of nitrogens with one attached hydrogen (secondary N) is 1. The molecule has 0 aliphatic carbocycles. The van der Waals surface area contributed by atoms with Gasteiger partial charge in [-0.1, -0.05) is 6.07 Å². The highest BCUT2D eigenvalue weighted by atomic mass is 16.5. The number of hydrogen-bond acceptors (Lipinski definition) is 3. The lowest BCUT2D eigenvalue weighted by Gasteiger charge is -2.42. The van der Waals surface area contributed by atoms with E-state index in [1.807, 2.05) is 17.0 Å². The van der Waals surface area contributed by atoms with Crippen LogP contribution in [0, 0.1) is 0 Å². The highest BCUT2D eigenvalue weighted by Crippen LogP contribution is 2.24. The van der Waals surface area contributed by atoms with Crippen molar-refractivity contribution < 1.29 is 9.53 Å². The fraction of sp³-hybridized carbons (Fsp3) is 0.533. The zero-order valence-corrected chi connectivity index (χ0v) is 11.5. The largest absolute Gasteiger partial charge is 0.377 e. The van der Waals surface area contributed by atoms with Crippen LogP contribution < -0.4 is 5.32 Å². The highest BCUT2D eigenvalue weighted by Gasteiger charge is 2.34. The Balaban J connectivity index is 1.87. The van der Waals surface area contributed by atoms with E-state index in [1.165, 1.54) is 11.1 Å². The van der Waals surface area contributed by atoms with Crippen LogP contribution in [0.3, 0.4) is 0 Å². The maximum atomic E-state index is 12.7. The molecule has 0 atom stereocenters. The summed E-state index contributed by atoms with van der Waals surface area (Å²) < 4.78 is 5.47. The monoisotopic (exact) mass is 260 g/mol. The van der Waals surface area contributed by atoms with E-state index in [0.29, 0.717) is 19.8 Å². The molecule has 2 aliphatic rings. The third kappa shape index (κ3) is 2.26. The van der Waals surface area contributed by atoms with Crippen LogP contribution in [0.15, 0.2) is 18.2 Å². The molecule has 4 nitrogen and oxygen atoms in total. The Morgan fingerprint density at radius 1 is 1.32 bits per heavy atom. The average Bonchev–Trinajstić information content (AvgIpc) is 2.84. The second-order valence-corrected chi connectivity index (χ2v) is 5.91. The molecule has 2 aliphatic heterocycles. The Labute approximate surface area is 113 Å². The predicted octanol–water partition coefficient (Wildman–Crippen LogP) is 1.54. The van der Waals surface area contributed by atoms with E-state index in [-0.39, 0.29) is 11.4 Å². The smallest absolute Gasteiger partial charge is 0.254 e. The molecule has 1 amide bonds. The third-order valence-corrected chi connectivity index (χ3v) is 3.97. The fourth-order valence-electron chi connectivity index (χ4n) is 2.82. The van der Waals surface area contributed by atoms with Gasteiger partial charge in [-0.05, 0) is 37.1 Å². The minimum atomic E-state index is -0.230. The van der Waals surface area contributed by atoms with Crippen molar-refractivity contribution >= 4 is 5.91 Å². The van der Waals surface area contributed by atoms with Crippen LogP contribution >= 0.6 is 0 Å². The van der Waals surface area contributed by atoms with Crippen LogP contribution in [0.1, 0.15) is 35.3 Å². The third-order valence-electron chi connectivity index (χ3n) is 3.97. The summed E-state index contributed by atoms with van der Waals surface area (Å²) in [5.41, 5.74) is 3.11. The molecular formula is C15H20N2O2. The van der Waals surface area contributed by atoms with E-state index in [1.54, 1.807) is 0 Å². The van der Waals surface area contributed by atoms with Crippen LogP contribution in [-0.2, 0) is 17.8 Å². The first-order valence-electron chi connectivity index (χ1n) is 6.80. The maximum Gasteiger partial charge on any atom is 0.254 e. The van der Waals surface area contributed by atoms with Gasteiger partial charge in [-0.3, -0.25) is 4.79 Å². The van der Waals surface area contributed by atoms with Gasteiger partial charge in [0.25, 0.3) is 5.91 Å². The van der Waals surface area contributed by atoms with E-state index in [0.717, 1.165) is 18.7 Å². The summed E-state index contributed by atoms with van der Waals surface area (Å²) in [5.74, 6) is 0.114. The molecule has 0 radical (unpaired) electrons. The lowest BCUT2D eigenvalue weighted by molar-refractivity contribution is -0.0370. The molecule has 0 bridgehead atoms. The molecule has 4 heteroatoms. The summed E-state index contributed by atoms with van der Waals surface area (Å²) in [7, 11) is 0. The fourth-order valence-corrected chi connectivity index (χ4v) is 2.82. The van der Waals surface area contributed by atoms with Crippen molar-refractivity contribution in [1.82, 2.24) is 10.2 Å². The normalized spacial score (nSPS) is 21.3. The molecule has 102 valence electrons. The van der Waals surface area contributed by atoms with Crippen molar-refractivity contribution in [2.24, 2.45) is 0 Å². The molecule has 19 heavy (non-hydrogen) atoms. The van der Waals surface area contributed by atoms with Crippen molar-refractivity contribution in [3.05, 3.63) is 34.9 Å². The molecule has 0 aromatic heterocycles.